The van der Waals surface area contributed by atoms with Gasteiger partial charge < -0.3 is 20.1 Å². The fourth-order valence-electron chi connectivity index (χ4n) is 2.52. The molecule has 0 heterocycles. The molecule has 0 aliphatic rings. The van der Waals surface area contributed by atoms with E-state index in [0.29, 0.717) is 5.56 Å². The molecule has 0 unspecified atom stereocenters. The summed E-state index contributed by atoms with van der Waals surface area (Å²) in [7, 11) is 2.39. The van der Waals surface area contributed by atoms with Gasteiger partial charge in [0.2, 0.25) is 5.91 Å². The van der Waals surface area contributed by atoms with Gasteiger partial charge in [0.1, 0.15) is 0 Å². The lowest BCUT2D eigenvalue weighted by molar-refractivity contribution is -0.115. The first kappa shape index (κ1) is 22.0. The van der Waals surface area contributed by atoms with Crippen LogP contribution in [0.4, 0.5) is 14.5 Å². The van der Waals surface area contributed by atoms with Crippen molar-refractivity contribution in [2.75, 3.05) is 26.1 Å². The molecule has 2 N–H and O–H groups in total. The summed E-state index contributed by atoms with van der Waals surface area (Å²) in [4.78, 5) is 35.9. The Kier molecular flexibility index (Phi) is 7.38. The third-order valence-corrected chi connectivity index (χ3v) is 4.13. The van der Waals surface area contributed by atoms with Crippen molar-refractivity contribution in [3.8, 4) is 0 Å². The number of anilines is 1. The maximum absolute atomic E-state index is 13.3. The number of carbonyl (C=O) groups excluding carboxylic acids is 3. The Morgan fingerprint density at radius 1 is 0.966 bits per heavy atom. The van der Waals surface area contributed by atoms with Gasteiger partial charge in [0.25, 0.3) is 0 Å². The average molecular weight is 406 g/mol. The number of halogens is 2. The second-order valence-electron chi connectivity index (χ2n) is 6.07. The summed E-state index contributed by atoms with van der Waals surface area (Å²) < 4.78 is 35.7. The molecule has 0 radical (unpaired) electrons. The zero-order valence-electron chi connectivity index (χ0n) is 16.0. The molecule has 0 saturated heterocycles. The standard InChI is InChI=1S/C20H20F2N2O5/c1-11(12-5-7-15(21)16(22)8-12)23-10-18(25)24-17-9-13(19(26)28-2)4-6-14(17)20(27)29-3/h4-9,11,23H,10H2,1-3H3,(H,24,25)/t11-/m0/s1. The monoisotopic (exact) mass is 406 g/mol. The zero-order valence-corrected chi connectivity index (χ0v) is 16.0. The van der Waals surface area contributed by atoms with Crippen molar-refractivity contribution in [1.29, 1.82) is 0 Å². The van der Waals surface area contributed by atoms with Crippen molar-refractivity contribution in [1.82, 2.24) is 5.32 Å². The van der Waals surface area contributed by atoms with Gasteiger partial charge in [0.15, 0.2) is 11.6 Å². The van der Waals surface area contributed by atoms with Crippen LogP contribution < -0.4 is 10.6 Å². The normalized spacial score (nSPS) is 11.5. The third kappa shape index (κ3) is 5.58. The van der Waals surface area contributed by atoms with E-state index in [2.05, 4.69) is 20.1 Å². The van der Waals surface area contributed by atoms with E-state index in [1.54, 1.807) is 6.92 Å². The van der Waals surface area contributed by atoms with Crippen LogP contribution >= 0.6 is 0 Å². The molecule has 0 bridgehead atoms. The molecule has 2 aromatic carbocycles. The largest absolute Gasteiger partial charge is 0.465 e. The highest BCUT2D eigenvalue weighted by atomic mass is 19.2. The van der Waals surface area contributed by atoms with Gasteiger partial charge in [0.05, 0.1) is 37.6 Å². The van der Waals surface area contributed by atoms with Crippen molar-refractivity contribution >= 4 is 23.5 Å². The molecule has 29 heavy (non-hydrogen) atoms. The quantitative estimate of drug-likeness (QED) is 0.687. The number of ether oxygens (including phenoxy) is 2. The Morgan fingerprint density at radius 3 is 2.28 bits per heavy atom. The van der Waals surface area contributed by atoms with Crippen LogP contribution in [0.2, 0.25) is 0 Å². The lowest BCUT2D eigenvalue weighted by Crippen LogP contribution is -2.30. The molecule has 154 valence electrons. The number of hydrogen-bond acceptors (Lipinski definition) is 6. The van der Waals surface area contributed by atoms with Gasteiger partial charge in [-0.3, -0.25) is 4.79 Å². The van der Waals surface area contributed by atoms with Crippen LogP contribution in [0, 0.1) is 11.6 Å². The number of methoxy groups -OCH3 is 2. The van der Waals surface area contributed by atoms with E-state index in [4.69, 9.17) is 0 Å². The minimum atomic E-state index is -0.983. The highest BCUT2D eigenvalue weighted by Gasteiger charge is 2.18. The summed E-state index contributed by atoms with van der Waals surface area (Å²) in [6, 6.07) is 7.02. The van der Waals surface area contributed by atoms with E-state index in [-0.39, 0.29) is 23.4 Å². The lowest BCUT2D eigenvalue weighted by Gasteiger charge is -2.15. The summed E-state index contributed by atoms with van der Waals surface area (Å²) in [5.41, 5.74) is 0.729. The van der Waals surface area contributed by atoms with Gasteiger partial charge in [-0.05, 0) is 42.8 Å². The van der Waals surface area contributed by atoms with Gasteiger partial charge in [0, 0.05) is 6.04 Å². The van der Waals surface area contributed by atoms with E-state index < -0.39 is 35.5 Å². The molecule has 0 saturated carbocycles. The molecule has 0 aromatic heterocycles. The zero-order chi connectivity index (χ0) is 21.6. The fraction of sp³-hybridized carbons (Fsp3) is 0.250. The summed E-state index contributed by atoms with van der Waals surface area (Å²) in [5, 5.41) is 5.40. The van der Waals surface area contributed by atoms with Crippen LogP contribution in [0.1, 0.15) is 39.2 Å². The summed E-state index contributed by atoms with van der Waals surface area (Å²) in [6.07, 6.45) is 0. The van der Waals surface area contributed by atoms with Gasteiger partial charge in [-0.25, -0.2) is 18.4 Å². The van der Waals surface area contributed by atoms with Crippen LogP contribution in [0.5, 0.6) is 0 Å². The third-order valence-electron chi connectivity index (χ3n) is 4.13. The minimum Gasteiger partial charge on any atom is -0.465 e. The van der Waals surface area contributed by atoms with Crippen molar-refractivity contribution in [2.24, 2.45) is 0 Å². The Bertz CT molecular complexity index is 933. The van der Waals surface area contributed by atoms with Gasteiger partial charge in [-0.15, -0.1) is 0 Å². The summed E-state index contributed by atoms with van der Waals surface area (Å²) >= 11 is 0. The fourth-order valence-corrected chi connectivity index (χ4v) is 2.52. The van der Waals surface area contributed by atoms with Crippen molar-refractivity contribution < 1.29 is 32.6 Å². The number of benzene rings is 2. The van der Waals surface area contributed by atoms with Crippen molar-refractivity contribution in [2.45, 2.75) is 13.0 Å². The Morgan fingerprint density at radius 2 is 1.66 bits per heavy atom. The summed E-state index contributed by atoms with van der Waals surface area (Å²) in [6.45, 7) is 1.49. The number of carbonyl (C=O) groups is 3. The molecule has 0 fully saturated rings. The van der Waals surface area contributed by atoms with Crippen molar-refractivity contribution in [3.05, 3.63) is 64.7 Å². The lowest BCUT2D eigenvalue weighted by atomic mass is 10.1. The molecular weight excluding hydrogens is 386 g/mol. The molecule has 0 aliphatic carbocycles. The highest BCUT2D eigenvalue weighted by molar-refractivity contribution is 6.03. The Labute approximate surface area is 166 Å². The van der Waals surface area contributed by atoms with Crippen LogP contribution in [0.15, 0.2) is 36.4 Å². The number of amides is 1. The topological polar surface area (TPSA) is 93.7 Å². The maximum Gasteiger partial charge on any atom is 0.339 e. The number of esters is 2. The molecule has 2 aromatic rings. The second-order valence-corrected chi connectivity index (χ2v) is 6.07. The Hall–Kier alpha value is -3.33. The minimum absolute atomic E-state index is 0.0576. The predicted molar refractivity (Wildman–Crippen MR) is 101 cm³/mol. The second kappa shape index (κ2) is 9.74. The summed E-state index contributed by atoms with van der Waals surface area (Å²) in [5.74, 6) is -3.80. The van der Waals surface area contributed by atoms with Gasteiger partial charge in [-0.1, -0.05) is 6.07 Å². The molecule has 9 heteroatoms. The first-order valence-electron chi connectivity index (χ1n) is 8.55. The van der Waals surface area contributed by atoms with E-state index in [9.17, 15) is 23.2 Å². The number of rotatable bonds is 7. The van der Waals surface area contributed by atoms with E-state index >= 15 is 0 Å². The molecule has 0 aliphatic heterocycles. The van der Waals surface area contributed by atoms with E-state index in [1.165, 1.54) is 38.5 Å². The predicted octanol–water partition coefficient (Wildman–Crippen LogP) is 2.83. The van der Waals surface area contributed by atoms with Crippen molar-refractivity contribution in [3.63, 3.8) is 0 Å². The average Bonchev–Trinajstić information content (AvgIpc) is 2.72. The molecule has 1 amide bonds. The number of nitrogens with one attached hydrogen (secondary N) is 2. The molecule has 0 spiro atoms. The van der Waals surface area contributed by atoms with Crippen LogP contribution in [-0.2, 0) is 14.3 Å². The smallest absolute Gasteiger partial charge is 0.339 e. The molecule has 2 rings (SSSR count). The van der Waals surface area contributed by atoms with Gasteiger partial charge in [-0.2, -0.15) is 0 Å². The van der Waals surface area contributed by atoms with Crippen LogP contribution in [0.3, 0.4) is 0 Å². The molecule has 7 nitrogen and oxygen atoms in total. The SMILES string of the molecule is COC(=O)c1ccc(C(=O)OC)c(NC(=O)CN[C@@H](C)c2ccc(F)c(F)c2)c1. The van der Waals surface area contributed by atoms with Crippen LogP contribution in [0.25, 0.3) is 0 Å². The molecule has 1 atom stereocenters. The first-order valence-corrected chi connectivity index (χ1v) is 8.55. The van der Waals surface area contributed by atoms with E-state index in [1.807, 2.05) is 0 Å². The maximum atomic E-state index is 13.3. The van der Waals surface area contributed by atoms with Gasteiger partial charge >= 0.3 is 11.9 Å². The number of hydrogen-bond donors (Lipinski definition) is 2. The van der Waals surface area contributed by atoms with Crippen LogP contribution in [-0.4, -0.2) is 38.6 Å². The first-order chi connectivity index (χ1) is 13.8. The Balaban J connectivity index is 2.11. The van der Waals surface area contributed by atoms with E-state index in [0.717, 1.165) is 12.1 Å². The highest BCUT2D eigenvalue weighted by Crippen LogP contribution is 2.20. The molecular formula is C20H20F2N2O5.